The van der Waals surface area contributed by atoms with Crippen LogP contribution in [0.25, 0.3) is 41.8 Å². The fourth-order valence-electron chi connectivity index (χ4n) is 6.43. The number of hydrogen-bond acceptors (Lipinski definition) is 7. The fourth-order valence-corrected chi connectivity index (χ4v) is 8.92. The van der Waals surface area contributed by atoms with Crippen molar-refractivity contribution in [1.29, 1.82) is 0 Å². The Morgan fingerprint density at radius 2 is 0.679 bits per heavy atom. The highest BCUT2D eigenvalue weighted by Gasteiger charge is 2.16. The van der Waals surface area contributed by atoms with Crippen LogP contribution >= 0.6 is 34.0 Å². The number of rotatable bonds is 10. The summed E-state index contributed by atoms with van der Waals surface area (Å²) in [6.45, 7) is 0. The van der Waals surface area contributed by atoms with Gasteiger partial charge in [0, 0.05) is 54.7 Å². The van der Waals surface area contributed by atoms with E-state index in [9.17, 15) is 0 Å². The SMILES string of the molecule is c1ccc(N(c2ccc(-c3cccs3)cc2)c2ccc(-c3ccc(-c4ccc(N(c5ccc(-c6cccs6)cc5)c5ccccn5)cc4)s3)cc2)nc1. The Bertz CT molecular complexity index is 2330. The van der Waals surface area contributed by atoms with Crippen molar-refractivity contribution in [3.05, 3.63) is 193 Å². The lowest BCUT2D eigenvalue weighted by molar-refractivity contribution is 1.18. The standard InChI is InChI=1S/C46H32N4S3/c1-3-29-47-45(9-1)49(37-19-11-33(12-20-37)41-7-5-31-51-41)39-23-15-35(16-24-39)43-27-28-44(53-43)36-17-25-40(26-18-36)50(46-10-2-4-30-48-46)38-21-13-34(14-22-38)42-8-6-32-52-42/h1-32H. The van der Waals surface area contributed by atoms with Crippen LogP contribution in [-0.2, 0) is 0 Å². The summed E-state index contributed by atoms with van der Waals surface area (Å²) in [7, 11) is 0. The molecule has 7 heteroatoms. The second-order valence-electron chi connectivity index (χ2n) is 12.4. The summed E-state index contributed by atoms with van der Waals surface area (Å²) in [5.41, 5.74) is 9.05. The molecule has 0 saturated carbocycles. The van der Waals surface area contributed by atoms with Crippen molar-refractivity contribution in [3.63, 3.8) is 0 Å². The van der Waals surface area contributed by atoms with E-state index >= 15 is 0 Å². The van der Waals surface area contributed by atoms with Crippen molar-refractivity contribution in [3.8, 4) is 41.8 Å². The summed E-state index contributed by atoms with van der Waals surface area (Å²) in [6.07, 6.45) is 3.69. The van der Waals surface area contributed by atoms with E-state index in [1.807, 2.05) is 36.7 Å². The molecular formula is C46H32N4S3. The highest BCUT2D eigenvalue weighted by atomic mass is 32.1. The van der Waals surface area contributed by atoms with Crippen LogP contribution in [0, 0.1) is 0 Å². The summed E-state index contributed by atoms with van der Waals surface area (Å²) in [4.78, 5) is 18.8. The number of thiophene rings is 3. The number of nitrogens with zero attached hydrogens (tertiary/aromatic N) is 4. The molecule has 9 aromatic rings. The summed E-state index contributed by atoms with van der Waals surface area (Å²) in [5, 5.41) is 4.23. The van der Waals surface area contributed by atoms with Crippen LogP contribution in [-0.4, -0.2) is 9.97 Å². The Morgan fingerprint density at radius 1 is 0.321 bits per heavy atom. The van der Waals surface area contributed by atoms with Crippen LogP contribution in [0.2, 0.25) is 0 Å². The molecule has 0 amide bonds. The van der Waals surface area contributed by atoms with Gasteiger partial charge in [0.1, 0.15) is 11.6 Å². The molecular weight excluding hydrogens is 705 g/mol. The Hall–Kier alpha value is -6.12. The molecule has 0 N–H and O–H groups in total. The summed E-state index contributed by atoms with van der Waals surface area (Å²) < 4.78 is 0. The van der Waals surface area contributed by atoms with Crippen molar-refractivity contribution in [1.82, 2.24) is 9.97 Å². The molecule has 0 aliphatic carbocycles. The van der Waals surface area contributed by atoms with E-state index in [1.54, 1.807) is 34.0 Å². The first-order valence-corrected chi connectivity index (χ1v) is 19.9. The normalized spacial score (nSPS) is 11.0. The first-order chi connectivity index (χ1) is 26.3. The largest absolute Gasteiger partial charge is 0.295 e. The minimum atomic E-state index is 0.878. The predicted molar refractivity (Wildman–Crippen MR) is 227 cm³/mol. The number of anilines is 6. The van der Waals surface area contributed by atoms with Gasteiger partial charge < -0.3 is 0 Å². The second kappa shape index (κ2) is 14.9. The van der Waals surface area contributed by atoms with Crippen LogP contribution in [0.5, 0.6) is 0 Å². The van der Waals surface area contributed by atoms with Gasteiger partial charge in [0.05, 0.1) is 0 Å². The second-order valence-corrected chi connectivity index (χ2v) is 15.3. The average molecular weight is 737 g/mol. The minimum Gasteiger partial charge on any atom is -0.295 e. The lowest BCUT2D eigenvalue weighted by atomic mass is 10.1. The molecule has 0 spiro atoms. The first kappa shape index (κ1) is 32.8. The zero-order valence-corrected chi connectivity index (χ0v) is 30.9. The van der Waals surface area contributed by atoms with Gasteiger partial charge in [0.15, 0.2) is 0 Å². The number of hydrogen-bond donors (Lipinski definition) is 0. The molecule has 0 unspecified atom stereocenters. The molecule has 0 saturated heterocycles. The minimum absolute atomic E-state index is 0.878. The van der Waals surface area contributed by atoms with Gasteiger partial charge in [0.2, 0.25) is 0 Å². The van der Waals surface area contributed by atoms with Gasteiger partial charge in [-0.1, -0.05) is 72.8 Å². The average Bonchev–Trinajstić information content (AvgIpc) is 4.05. The van der Waals surface area contributed by atoms with E-state index in [4.69, 9.17) is 9.97 Å². The van der Waals surface area contributed by atoms with Gasteiger partial charge in [-0.3, -0.25) is 9.80 Å². The molecule has 5 aromatic heterocycles. The summed E-state index contributed by atoms with van der Waals surface area (Å²) in [5.74, 6) is 1.76. The van der Waals surface area contributed by atoms with Crippen molar-refractivity contribution in [2.24, 2.45) is 0 Å². The van der Waals surface area contributed by atoms with E-state index in [2.05, 4.69) is 166 Å². The lowest BCUT2D eigenvalue weighted by Gasteiger charge is -2.24. The van der Waals surface area contributed by atoms with Gasteiger partial charge in [-0.05, 0) is 130 Å². The Labute approximate surface area is 321 Å². The van der Waals surface area contributed by atoms with E-state index < -0.39 is 0 Å². The van der Waals surface area contributed by atoms with Crippen LogP contribution in [0.1, 0.15) is 0 Å². The molecule has 5 heterocycles. The van der Waals surface area contributed by atoms with Crippen molar-refractivity contribution in [2.75, 3.05) is 9.80 Å². The van der Waals surface area contributed by atoms with Gasteiger partial charge in [-0.25, -0.2) is 9.97 Å². The van der Waals surface area contributed by atoms with Gasteiger partial charge in [-0.15, -0.1) is 34.0 Å². The first-order valence-electron chi connectivity index (χ1n) is 17.3. The van der Waals surface area contributed by atoms with Crippen molar-refractivity contribution >= 4 is 68.4 Å². The zero-order valence-electron chi connectivity index (χ0n) is 28.5. The van der Waals surface area contributed by atoms with Crippen molar-refractivity contribution in [2.45, 2.75) is 0 Å². The number of aromatic nitrogens is 2. The molecule has 0 fully saturated rings. The van der Waals surface area contributed by atoms with Crippen LogP contribution in [0.4, 0.5) is 34.4 Å². The van der Waals surface area contributed by atoms with Gasteiger partial charge in [0.25, 0.3) is 0 Å². The topological polar surface area (TPSA) is 32.3 Å². The highest BCUT2D eigenvalue weighted by molar-refractivity contribution is 7.18. The van der Waals surface area contributed by atoms with Crippen LogP contribution < -0.4 is 9.80 Å². The highest BCUT2D eigenvalue weighted by Crippen LogP contribution is 2.40. The molecule has 4 aromatic carbocycles. The smallest absolute Gasteiger partial charge is 0.137 e. The van der Waals surface area contributed by atoms with E-state index in [1.165, 1.54) is 41.8 Å². The molecule has 0 aliphatic heterocycles. The van der Waals surface area contributed by atoms with Gasteiger partial charge in [-0.2, -0.15) is 0 Å². The quantitative estimate of drug-likeness (QED) is 0.140. The van der Waals surface area contributed by atoms with Crippen LogP contribution in [0.15, 0.2) is 193 Å². The van der Waals surface area contributed by atoms with E-state index in [0.717, 1.165) is 34.4 Å². The van der Waals surface area contributed by atoms with Crippen LogP contribution in [0.3, 0.4) is 0 Å². The molecule has 254 valence electrons. The van der Waals surface area contributed by atoms with Gasteiger partial charge >= 0.3 is 0 Å². The van der Waals surface area contributed by atoms with Crippen molar-refractivity contribution < 1.29 is 0 Å². The summed E-state index contributed by atoms with van der Waals surface area (Å²) in [6, 6.07) is 60.0. The maximum Gasteiger partial charge on any atom is 0.137 e. The fraction of sp³-hybridized carbons (Fsp3) is 0. The molecule has 9 rings (SSSR count). The molecule has 4 nitrogen and oxygen atoms in total. The predicted octanol–water partition coefficient (Wildman–Crippen LogP) is 14.3. The molecule has 0 radical (unpaired) electrons. The Kier molecular flexibility index (Phi) is 9.18. The molecule has 0 aliphatic rings. The monoisotopic (exact) mass is 736 g/mol. The maximum atomic E-state index is 4.71. The van der Waals surface area contributed by atoms with E-state index in [-0.39, 0.29) is 0 Å². The number of benzene rings is 4. The maximum absolute atomic E-state index is 4.71. The number of pyridine rings is 2. The molecule has 0 bridgehead atoms. The third kappa shape index (κ3) is 6.93. The lowest BCUT2D eigenvalue weighted by Crippen LogP contribution is -2.11. The third-order valence-electron chi connectivity index (χ3n) is 9.05. The third-order valence-corrected chi connectivity index (χ3v) is 12.1. The zero-order chi connectivity index (χ0) is 35.4. The Morgan fingerprint density at radius 3 is 0.981 bits per heavy atom. The summed E-state index contributed by atoms with van der Waals surface area (Å²) >= 11 is 5.31. The molecule has 53 heavy (non-hydrogen) atoms. The Balaban J connectivity index is 0.965. The molecule has 0 atom stereocenters. The van der Waals surface area contributed by atoms with E-state index in [0.29, 0.717) is 0 Å².